The molecule has 1 aromatic rings. The van der Waals surface area contributed by atoms with Crippen molar-refractivity contribution in [3.8, 4) is 0 Å². The Kier molecular flexibility index (Phi) is 7.47. The summed E-state index contributed by atoms with van der Waals surface area (Å²) < 4.78 is 13.5. The average molecular weight is 398 g/mol. The van der Waals surface area contributed by atoms with Crippen LogP contribution in [0.15, 0.2) is 59.4 Å². The second kappa shape index (κ2) is 9.82. The van der Waals surface area contributed by atoms with Crippen molar-refractivity contribution in [2.45, 2.75) is 19.3 Å². The highest BCUT2D eigenvalue weighted by Gasteiger charge is 2.37. The number of carbonyl (C=O) groups excluding carboxylic acids is 1. The molecule has 0 bridgehead atoms. The van der Waals surface area contributed by atoms with E-state index in [1.165, 1.54) is 25.4 Å². The van der Waals surface area contributed by atoms with Gasteiger partial charge in [-0.2, -0.15) is 0 Å². The lowest BCUT2D eigenvalue weighted by molar-refractivity contribution is -0.116. The number of aldehydes is 1. The minimum atomic E-state index is -0.550. The summed E-state index contributed by atoms with van der Waals surface area (Å²) in [6, 6.07) is 4.71. The molecule has 1 aromatic carbocycles. The first-order valence-corrected chi connectivity index (χ1v) is 9.23. The number of nitrogens with two attached hydrogens (primary N) is 1. The molecule has 7 heteroatoms. The molecule has 2 rings (SSSR count). The third-order valence-electron chi connectivity index (χ3n) is 5.16. The zero-order chi connectivity index (χ0) is 21.4. The summed E-state index contributed by atoms with van der Waals surface area (Å²) in [4.78, 5) is 18.7. The smallest absolute Gasteiger partial charge is 0.167 e. The fraction of sp³-hybridized carbons (Fsp3) is 0.318. The van der Waals surface area contributed by atoms with Crippen LogP contribution in [0.5, 0.6) is 0 Å². The summed E-state index contributed by atoms with van der Waals surface area (Å²) in [5.41, 5.74) is 7.91. The number of carbonyl (C=O) groups is 1. The van der Waals surface area contributed by atoms with Crippen molar-refractivity contribution >= 4 is 18.3 Å². The quantitative estimate of drug-likeness (QED) is 0.220. The van der Waals surface area contributed by atoms with Crippen LogP contribution >= 0.6 is 0 Å². The normalized spacial score (nSPS) is 19.1. The zero-order valence-electron chi connectivity index (χ0n) is 16.8. The molecule has 154 valence electrons. The van der Waals surface area contributed by atoms with Crippen LogP contribution in [0.2, 0.25) is 0 Å². The lowest BCUT2D eigenvalue weighted by Gasteiger charge is -2.26. The summed E-state index contributed by atoms with van der Waals surface area (Å²) in [5.74, 6) is 0.260. The first kappa shape index (κ1) is 22.1. The molecular weight excluding hydrogens is 371 g/mol. The predicted molar refractivity (Wildman–Crippen MR) is 113 cm³/mol. The largest absolute Gasteiger partial charge is 0.404 e. The van der Waals surface area contributed by atoms with Gasteiger partial charge in [-0.3, -0.25) is 0 Å². The van der Waals surface area contributed by atoms with E-state index in [1.54, 1.807) is 18.2 Å². The lowest BCUT2D eigenvalue weighted by Crippen LogP contribution is -2.33. The Hall–Kier alpha value is -3.22. The maximum atomic E-state index is 13.5. The van der Waals surface area contributed by atoms with Crippen molar-refractivity contribution < 1.29 is 14.0 Å². The molecule has 3 N–H and O–H groups in total. The van der Waals surface area contributed by atoms with Gasteiger partial charge in [0, 0.05) is 37.0 Å². The fourth-order valence-corrected chi connectivity index (χ4v) is 3.42. The summed E-state index contributed by atoms with van der Waals surface area (Å²) in [6.45, 7) is 4.43. The molecule has 0 aliphatic heterocycles. The first-order valence-electron chi connectivity index (χ1n) is 9.23. The van der Waals surface area contributed by atoms with Crippen LogP contribution in [0.4, 0.5) is 4.39 Å². The van der Waals surface area contributed by atoms with Crippen LogP contribution in [0, 0.1) is 16.6 Å². The van der Waals surface area contributed by atoms with Crippen molar-refractivity contribution in [1.29, 1.82) is 5.41 Å². The second-order valence-electron chi connectivity index (χ2n) is 7.18. The number of nitrogens with one attached hydrogen (secondary N) is 1. The highest BCUT2D eigenvalue weighted by atomic mass is 19.1. The zero-order valence-corrected chi connectivity index (χ0v) is 16.8. The Morgan fingerprint density at radius 2 is 2.14 bits per heavy atom. The molecule has 0 aromatic heterocycles. The van der Waals surface area contributed by atoms with Crippen LogP contribution in [0.3, 0.4) is 0 Å². The molecule has 0 saturated heterocycles. The number of benzene rings is 1. The highest BCUT2D eigenvalue weighted by molar-refractivity contribution is 5.93. The van der Waals surface area contributed by atoms with Crippen molar-refractivity contribution in [2.24, 2.45) is 16.3 Å². The Labute approximate surface area is 170 Å². The van der Waals surface area contributed by atoms with E-state index in [0.717, 1.165) is 23.6 Å². The molecule has 1 aliphatic rings. The molecule has 29 heavy (non-hydrogen) atoms. The van der Waals surface area contributed by atoms with Crippen LogP contribution in [-0.4, -0.2) is 43.9 Å². The molecule has 0 spiro atoms. The van der Waals surface area contributed by atoms with Gasteiger partial charge in [-0.25, -0.2) is 4.39 Å². The number of amidine groups is 1. The van der Waals surface area contributed by atoms with Gasteiger partial charge in [0.15, 0.2) is 5.84 Å². The number of hydrogen-bond acceptors (Lipinski definition) is 5. The van der Waals surface area contributed by atoms with E-state index in [2.05, 4.69) is 11.7 Å². The third kappa shape index (κ3) is 5.40. The summed E-state index contributed by atoms with van der Waals surface area (Å²) in [5, 5.41) is 11.3. The SMILES string of the molecule is C=C(/C=C\C(=N/OC)N(C)CCC1(C=O)Cc2ccc(F)cc2C1)/C(C=N)=C/N. The van der Waals surface area contributed by atoms with Gasteiger partial charge in [0.25, 0.3) is 0 Å². The lowest BCUT2D eigenvalue weighted by atomic mass is 9.83. The van der Waals surface area contributed by atoms with Gasteiger partial charge in [0.05, 0.1) is 0 Å². The van der Waals surface area contributed by atoms with Crippen molar-refractivity contribution in [1.82, 2.24) is 4.90 Å². The number of rotatable bonds is 9. The molecule has 1 aliphatic carbocycles. The van der Waals surface area contributed by atoms with Crippen LogP contribution < -0.4 is 5.73 Å². The van der Waals surface area contributed by atoms with E-state index in [4.69, 9.17) is 16.0 Å². The van der Waals surface area contributed by atoms with E-state index < -0.39 is 5.41 Å². The number of likely N-dealkylation sites (N-methyl/N-ethyl adjacent to an activating group) is 1. The molecule has 0 saturated carbocycles. The maximum absolute atomic E-state index is 13.5. The van der Waals surface area contributed by atoms with E-state index in [0.29, 0.717) is 42.8 Å². The number of oxime groups is 1. The molecule has 0 fully saturated rings. The molecular formula is C22H27FN4O2. The summed E-state index contributed by atoms with van der Waals surface area (Å²) in [7, 11) is 3.30. The first-order chi connectivity index (χ1) is 13.9. The van der Waals surface area contributed by atoms with E-state index in [1.807, 2.05) is 11.9 Å². The van der Waals surface area contributed by atoms with Gasteiger partial charge in [-0.1, -0.05) is 23.9 Å². The number of nitrogens with zero attached hydrogens (tertiary/aromatic N) is 2. The molecule has 0 amide bonds. The van der Waals surface area contributed by atoms with Gasteiger partial charge in [-0.05, 0) is 54.2 Å². The predicted octanol–water partition coefficient (Wildman–Crippen LogP) is 3.00. The number of hydrogen-bond donors (Lipinski definition) is 2. The number of halogens is 1. The van der Waals surface area contributed by atoms with Crippen molar-refractivity contribution in [3.63, 3.8) is 0 Å². The molecule has 0 heterocycles. The van der Waals surface area contributed by atoms with Crippen molar-refractivity contribution in [2.75, 3.05) is 20.7 Å². The van der Waals surface area contributed by atoms with Crippen LogP contribution in [0.1, 0.15) is 17.5 Å². The van der Waals surface area contributed by atoms with Gasteiger partial charge < -0.3 is 25.7 Å². The minimum absolute atomic E-state index is 0.279. The van der Waals surface area contributed by atoms with E-state index >= 15 is 0 Å². The van der Waals surface area contributed by atoms with Gasteiger partial charge in [0.2, 0.25) is 0 Å². The molecule has 0 radical (unpaired) electrons. The van der Waals surface area contributed by atoms with Gasteiger partial charge in [0.1, 0.15) is 19.2 Å². The average Bonchev–Trinajstić information content (AvgIpc) is 3.08. The Morgan fingerprint density at radius 1 is 1.41 bits per heavy atom. The second-order valence-corrected chi connectivity index (χ2v) is 7.18. The Balaban J connectivity index is 2.07. The maximum Gasteiger partial charge on any atom is 0.167 e. The minimum Gasteiger partial charge on any atom is -0.404 e. The molecule has 1 atom stereocenters. The van der Waals surface area contributed by atoms with E-state index in [9.17, 15) is 9.18 Å². The van der Waals surface area contributed by atoms with Crippen LogP contribution in [0.25, 0.3) is 0 Å². The Bertz CT molecular complexity index is 876. The Morgan fingerprint density at radius 3 is 2.76 bits per heavy atom. The van der Waals surface area contributed by atoms with E-state index in [-0.39, 0.29) is 5.82 Å². The van der Waals surface area contributed by atoms with Gasteiger partial charge in [-0.15, -0.1) is 0 Å². The molecule has 1 unspecified atom stereocenters. The van der Waals surface area contributed by atoms with Crippen molar-refractivity contribution in [3.05, 3.63) is 71.2 Å². The standard InChI is InChI=1S/C22H27FN4O2/c1-16(19(13-24)14-25)4-7-21(26-29-3)27(2)9-8-22(15-28)11-17-5-6-20(23)10-18(17)12-22/h4-7,10,13-15,24H,1,8-9,11-12,25H2,2-3H3/b7-4-,19-14+,24-13?,26-21+. The summed E-state index contributed by atoms with van der Waals surface area (Å²) >= 11 is 0. The third-order valence-corrected chi connectivity index (χ3v) is 5.16. The number of fused-ring (bicyclic) bond motifs is 1. The fourth-order valence-electron chi connectivity index (χ4n) is 3.42. The number of allylic oxidation sites excluding steroid dienone is 3. The summed E-state index contributed by atoms with van der Waals surface area (Å²) in [6.07, 6.45) is 8.56. The van der Waals surface area contributed by atoms with Gasteiger partial charge >= 0.3 is 0 Å². The highest BCUT2D eigenvalue weighted by Crippen LogP contribution is 2.38. The van der Waals surface area contributed by atoms with Crippen LogP contribution in [-0.2, 0) is 22.5 Å². The topological polar surface area (TPSA) is 91.8 Å². The monoisotopic (exact) mass is 398 g/mol. The molecule has 6 nitrogen and oxygen atoms in total.